The van der Waals surface area contributed by atoms with Crippen molar-refractivity contribution in [1.82, 2.24) is 19.4 Å². The van der Waals surface area contributed by atoms with Gasteiger partial charge >= 0.3 is 0 Å². The summed E-state index contributed by atoms with van der Waals surface area (Å²) < 4.78 is 1.66. The number of aryl methyl sites for hydroxylation is 1. The minimum atomic E-state index is -0.679. The molecule has 5 rings (SSSR count). The Labute approximate surface area is 208 Å². The van der Waals surface area contributed by atoms with Gasteiger partial charge in [0.05, 0.1) is 16.6 Å². The molecular weight excluding hydrogens is 460 g/mol. The maximum atomic E-state index is 12.9. The van der Waals surface area contributed by atoms with E-state index >= 15 is 0 Å². The minimum absolute atomic E-state index is 0.0198. The Balaban J connectivity index is 1.49. The average Bonchev–Trinajstić information content (AvgIpc) is 3.42. The van der Waals surface area contributed by atoms with Crippen molar-refractivity contribution in [2.75, 3.05) is 36.8 Å². The molecule has 36 heavy (non-hydrogen) atoms. The van der Waals surface area contributed by atoms with Gasteiger partial charge in [-0.25, -0.2) is 4.98 Å². The number of amides is 2. The van der Waals surface area contributed by atoms with Crippen LogP contribution in [0.4, 0.5) is 11.8 Å². The molecule has 11 heteroatoms. The molecule has 7 N–H and O–H groups in total. The predicted octanol–water partition coefficient (Wildman–Crippen LogP) is 1.20. The lowest BCUT2D eigenvalue weighted by Gasteiger charge is -2.36. The van der Waals surface area contributed by atoms with Gasteiger partial charge in [-0.05, 0) is 44.7 Å². The van der Waals surface area contributed by atoms with E-state index in [-0.39, 0.29) is 35.0 Å². The van der Waals surface area contributed by atoms with Gasteiger partial charge in [-0.3, -0.25) is 14.2 Å². The first-order valence-electron chi connectivity index (χ1n) is 12.2. The Kier molecular flexibility index (Phi) is 5.95. The van der Waals surface area contributed by atoms with Gasteiger partial charge in [-0.15, -0.1) is 0 Å². The second-order valence-electron chi connectivity index (χ2n) is 9.82. The fourth-order valence-electron chi connectivity index (χ4n) is 5.51. The number of phenolic OH excluding ortho intramolecular Hbond substituents is 1. The van der Waals surface area contributed by atoms with E-state index in [4.69, 9.17) is 22.2 Å². The zero-order chi connectivity index (χ0) is 25.7. The Morgan fingerprint density at radius 3 is 2.47 bits per heavy atom. The highest BCUT2D eigenvalue weighted by Gasteiger charge is 2.33. The minimum Gasteiger partial charge on any atom is -0.508 e. The van der Waals surface area contributed by atoms with Gasteiger partial charge in [0.15, 0.2) is 5.65 Å². The van der Waals surface area contributed by atoms with Crippen LogP contribution in [-0.2, 0) is 4.79 Å². The number of phenols is 1. The van der Waals surface area contributed by atoms with Gasteiger partial charge in [0.25, 0.3) is 5.91 Å². The Morgan fingerprint density at radius 2 is 1.83 bits per heavy atom. The molecule has 1 saturated carbocycles. The number of aromatic nitrogens is 3. The number of nitrogen functional groups attached to an aromatic ring is 1. The molecule has 190 valence electrons. The topological polar surface area (TPSA) is 170 Å². The van der Waals surface area contributed by atoms with Crippen molar-refractivity contribution in [1.29, 1.82) is 0 Å². The van der Waals surface area contributed by atoms with Crippen molar-refractivity contribution in [2.24, 2.45) is 17.4 Å². The van der Waals surface area contributed by atoms with Crippen molar-refractivity contribution in [3.8, 4) is 11.4 Å². The molecule has 1 aromatic carbocycles. The molecule has 1 aliphatic carbocycles. The number of piperazine rings is 1. The molecular formula is C25H32N8O3. The first kappa shape index (κ1) is 23.9. The van der Waals surface area contributed by atoms with Crippen molar-refractivity contribution in [3.63, 3.8) is 0 Å². The molecule has 2 atom stereocenters. The summed E-state index contributed by atoms with van der Waals surface area (Å²) in [6.07, 6.45) is 4.08. The summed E-state index contributed by atoms with van der Waals surface area (Å²) in [5, 5.41) is 10.8. The summed E-state index contributed by atoms with van der Waals surface area (Å²) in [6.45, 7) is 5.99. The molecule has 2 aliphatic rings. The highest BCUT2D eigenvalue weighted by Crippen LogP contribution is 2.36. The number of anilines is 2. The third-order valence-electron chi connectivity index (χ3n) is 7.50. The van der Waals surface area contributed by atoms with E-state index in [0.29, 0.717) is 54.4 Å². The lowest BCUT2D eigenvalue weighted by Crippen LogP contribution is -2.50. The monoisotopic (exact) mass is 492 g/mol. The molecule has 1 saturated heterocycles. The van der Waals surface area contributed by atoms with Crippen LogP contribution < -0.4 is 22.1 Å². The van der Waals surface area contributed by atoms with Crippen LogP contribution in [0.15, 0.2) is 18.3 Å². The second-order valence-corrected chi connectivity index (χ2v) is 9.82. The second kappa shape index (κ2) is 8.98. The highest BCUT2D eigenvalue weighted by molar-refractivity contribution is 6.11. The number of hydrogen-bond donors (Lipinski definition) is 4. The van der Waals surface area contributed by atoms with E-state index < -0.39 is 5.91 Å². The SMILES string of the molecule is Cc1ccc(O)c(C)c1-n1c(N)c(C(N)=O)c2cnc(N3CCN(C(=O)[C@H]4CC[C@@H](N)C4)CC3)nc21. The zero-order valence-electron chi connectivity index (χ0n) is 20.6. The van der Waals surface area contributed by atoms with E-state index in [9.17, 15) is 14.7 Å². The van der Waals surface area contributed by atoms with E-state index in [0.717, 1.165) is 24.8 Å². The summed E-state index contributed by atoms with van der Waals surface area (Å²) >= 11 is 0. The number of aromatic hydroxyl groups is 1. The molecule has 2 fully saturated rings. The lowest BCUT2D eigenvalue weighted by molar-refractivity contribution is -0.135. The van der Waals surface area contributed by atoms with Crippen LogP contribution in [-0.4, -0.2) is 68.6 Å². The number of benzene rings is 1. The van der Waals surface area contributed by atoms with Crippen LogP contribution in [0.5, 0.6) is 5.75 Å². The first-order chi connectivity index (χ1) is 17.2. The van der Waals surface area contributed by atoms with E-state index in [1.807, 2.05) is 16.7 Å². The Bertz CT molecular complexity index is 1360. The molecule has 0 spiro atoms. The van der Waals surface area contributed by atoms with Gasteiger partial charge < -0.3 is 32.1 Å². The number of carbonyl (C=O) groups is 2. The smallest absolute Gasteiger partial charge is 0.253 e. The summed E-state index contributed by atoms with van der Waals surface area (Å²) in [7, 11) is 0. The highest BCUT2D eigenvalue weighted by atomic mass is 16.3. The van der Waals surface area contributed by atoms with Crippen LogP contribution in [0.3, 0.4) is 0 Å². The van der Waals surface area contributed by atoms with Crippen LogP contribution in [0.1, 0.15) is 40.7 Å². The number of fused-ring (bicyclic) bond motifs is 1. The van der Waals surface area contributed by atoms with Crippen molar-refractivity contribution < 1.29 is 14.7 Å². The van der Waals surface area contributed by atoms with E-state index in [1.54, 1.807) is 29.8 Å². The molecule has 0 radical (unpaired) electrons. The molecule has 2 amide bonds. The van der Waals surface area contributed by atoms with Gasteiger partial charge in [-0.2, -0.15) is 4.98 Å². The van der Waals surface area contributed by atoms with Gasteiger partial charge in [0.1, 0.15) is 11.6 Å². The maximum Gasteiger partial charge on any atom is 0.253 e. The number of nitrogens with two attached hydrogens (primary N) is 3. The fourth-order valence-corrected chi connectivity index (χ4v) is 5.51. The van der Waals surface area contributed by atoms with Gasteiger partial charge in [0, 0.05) is 49.9 Å². The fraction of sp³-hybridized carbons (Fsp3) is 0.440. The third kappa shape index (κ3) is 3.89. The van der Waals surface area contributed by atoms with Crippen LogP contribution in [0.2, 0.25) is 0 Å². The molecule has 0 unspecified atom stereocenters. The van der Waals surface area contributed by atoms with Crippen LogP contribution in [0.25, 0.3) is 16.7 Å². The number of primary amides is 1. The standard InChI is InChI=1S/C25H32N8O3/c1-13-3-6-18(34)14(2)20(13)33-21(27)19(22(28)35)17-12-29-25(30-23(17)33)32-9-7-31(8-10-32)24(36)15-4-5-16(26)11-15/h3,6,12,15-16,34H,4-5,7-11,26-27H2,1-2H3,(H2,28,35)/t15-,16+/m0/s1. The summed E-state index contributed by atoms with van der Waals surface area (Å²) in [6, 6.07) is 3.52. The number of rotatable bonds is 4. The largest absolute Gasteiger partial charge is 0.508 e. The van der Waals surface area contributed by atoms with E-state index in [1.165, 1.54) is 0 Å². The van der Waals surface area contributed by atoms with Crippen molar-refractivity contribution in [3.05, 3.63) is 35.0 Å². The normalized spacial score (nSPS) is 20.3. The maximum absolute atomic E-state index is 12.9. The van der Waals surface area contributed by atoms with Crippen LogP contribution in [0, 0.1) is 19.8 Å². The van der Waals surface area contributed by atoms with E-state index in [2.05, 4.69) is 4.98 Å². The summed E-state index contributed by atoms with van der Waals surface area (Å²) in [4.78, 5) is 38.4. The molecule has 1 aliphatic heterocycles. The number of nitrogens with zero attached hydrogens (tertiary/aromatic N) is 5. The van der Waals surface area contributed by atoms with Crippen molar-refractivity contribution in [2.45, 2.75) is 39.2 Å². The molecule has 0 bridgehead atoms. The zero-order valence-corrected chi connectivity index (χ0v) is 20.6. The molecule has 3 aromatic rings. The lowest BCUT2D eigenvalue weighted by atomic mass is 10.1. The van der Waals surface area contributed by atoms with Crippen LogP contribution >= 0.6 is 0 Å². The molecule has 11 nitrogen and oxygen atoms in total. The third-order valence-corrected chi connectivity index (χ3v) is 7.50. The predicted molar refractivity (Wildman–Crippen MR) is 137 cm³/mol. The van der Waals surface area contributed by atoms with Crippen molar-refractivity contribution >= 4 is 34.6 Å². The quantitative estimate of drug-likeness (QED) is 0.421. The molecule has 2 aromatic heterocycles. The molecule has 3 heterocycles. The summed E-state index contributed by atoms with van der Waals surface area (Å²) in [5.74, 6) is 0.249. The first-order valence-corrected chi connectivity index (χ1v) is 12.2. The number of hydrogen-bond acceptors (Lipinski definition) is 8. The average molecular weight is 493 g/mol. The number of carbonyl (C=O) groups excluding carboxylic acids is 2. The Morgan fingerprint density at radius 1 is 1.11 bits per heavy atom. The Hall–Kier alpha value is -3.86. The van der Waals surface area contributed by atoms with Gasteiger partial charge in [0.2, 0.25) is 11.9 Å². The summed E-state index contributed by atoms with van der Waals surface area (Å²) in [5.41, 5.74) is 20.8. The van der Waals surface area contributed by atoms with Gasteiger partial charge in [-0.1, -0.05) is 6.07 Å².